The van der Waals surface area contributed by atoms with E-state index in [0.717, 1.165) is 31.7 Å². The molecule has 0 heterocycles. The summed E-state index contributed by atoms with van der Waals surface area (Å²) in [6, 6.07) is 3.48. The Bertz CT molecular complexity index is 678. The minimum Gasteiger partial charge on any atom is -0.444 e. The van der Waals surface area contributed by atoms with Crippen molar-refractivity contribution in [2.45, 2.75) is 70.4 Å². The van der Waals surface area contributed by atoms with Gasteiger partial charge >= 0.3 is 6.09 Å². The fourth-order valence-electron chi connectivity index (χ4n) is 3.30. The van der Waals surface area contributed by atoms with E-state index >= 15 is 0 Å². The van der Waals surface area contributed by atoms with Crippen molar-refractivity contribution in [1.82, 2.24) is 10.6 Å². The summed E-state index contributed by atoms with van der Waals surface area (Å²) in [7, 11) is 0. The van der Waals surface area contributed by atoms with Crippen LogP contribution in [-0.4, -0.2) is 29.7 Å². The molecule has 0 bridgehead atoms. The molecular formula is C20H28F2N2O3. The van der Waals surface area contributed by atoms with Gasteiger partial charge in [-0.1, -0.05) is 31.7 Å². The van der Waals surface area contributed by atoms with Crippen LogP contribution < -0.4 is 10.6 Å². The number of hydrogen-bond donors (Lipinski definition) is 2. The molecule has 0 radical (unpaired) electrons. The maximum atomic E-state index is 13.8. The van der Waals surface area contributed by atoms with Gasteiger partial charge in [-0.05, 0) is 45.7 Å². The van der Waals surface area contributed by atoms with E-state index in [4.69, 9.17) is 4.74 Å². The molecule has 2 rings (SSSR count). The summed E-state index contributed by atoms with van der Waals surface area (Å²) in [6.45, 7) is 5.46. The number of carbonyl (C=O) groups is 2. The van der Waals surface area contributed by atoms with Gasteiger partial charge in [-0.3, -0.25) is 4.79 Å². The van der Waals surface area contributed by atoms with Gasteiger partial charge in [0, 0.05) is 6.54 Å². The van der Waals surface area contributed by atoms with Gasteiger partial charge in [0.15, 0.2) is 11.6 Å². The van der Waals surface area contributed by atoms with E-state index in [1.807, 2.05) is 0 Å². The Labute approximate surface area is 158 Å². The minimum atomic E-state index is -1.18. The fourth-order valence-corrected chi connectivity index (χ4v) is 3.30. The smallest absolute Gasteiger partial charge is 0.408 e. The molecule has 0 atom stereocenters. The molecule has 1 saturated carbocycles. The van der Waals surface area contributed by atoms with Gasteiger partial charge < -0.3 is 15.4 Å². The molecule has 1 fully saturated rings. The average molecular weight is 382 g/mol. The first-order valence-electron chi connectivity index (χ1n) is 9.35. The number of amides is 2. The number of ether oxygens (including phenoxy) is 1. The summed E-state index contributed by atoms with van der Waals surface area (Å²) in [6.07, 6.45) is 4.71. The third-order valence-electron chi connectivity index (χ3n) is 4.61. The first kappa shape index (κ1) is 21.1. The van der Waals surface area contributed by atoms with Crippen LogP contribution in [0.15, 0.2) is 18.2 Å². The van der Waals surface area contributed by atoms with Gasteiger partial charge in [-0.15, -0.1) is 0 Å². The van der Waals surface area contributed by atoms with Crippen LogP contribution in [0.25, 0.3) is 0 Å². The molecule has 7 heteroatoms. The zero-order chi connectivity index (χ0) is 20.1. The van der Waals surface area contributed by atoms with Gasteiger partial charge in [0.2, 0.25) is 0 Å². The van der Waals surface area contributed by atoms with Crippen LogP contribution in [0.2, 0.25) is 0 Å². The first-order chi connectivity index (χ1) is 12.6. The number of benzene rings is 1. The Morgan fingerprint density at radius 1 is 1.11 bits per heavy atom. The van der Waals surface area contributed by atoms with Crippen LogP contribution >= 0.6 is 0 Å². The summed E-state index contributed by atoms with van der Waals surface area (Å²) in [5.74, 6) is -2.95. The molecule has 0 aromatic heterocycles. The van der Waals surface area contributed by atoms with Crippen LogP contribution in [-0.2, 0) is 4.74 Å². The number of nitrogens with one attached hydrogen (secondary N) is 2. The highest BCUT2D eigenvalue weighted by Gasteiger charge is 2.35. The van der Waals surface area contributed by atoms with Crippen molar-refractivity contribution in [3.05, 3.63) is 35.4 Å². The van der Waals surface area contributed by atoms with E-state index in [1.54, 1.807) is 20.8 Å². The number of halogens is 2. The van der Waals surface area contributed by atoms with E-state index in [1.165, 1.54) is 12.1 Å². The molecule has 0 saturated heterocycles. The Balaban J connectivity index is 2.11. The van der Waals surface area contributed by atoms with Crippen molar-refractivity contribution < 1.29 is 23.1 Å². The predicted molar refractivity (Wildman–Crippen MR) is 98.5 cm³/mol. The lowest BCUT2D eigenvalue weighted by molar-refractivity contribution is 0.0437. The molecule has 2 N–H and O–H groups in total. The lowest BCUT2D eigenvalue weighted by Crippen LogP contribution is -2.56. The zero-order valence-corrected chi connectivity index (χ0v) is 16.2. The van der Waals surface area contributed by atoms with E-state index < -0.39 is 34.8 Å². The molecule has 27 heavy (non-hydrogen) atoms. The lowest BCUT2D eigenvalue weighted by Gasteiger charge is -2.35. The largest absolute Gasteiger partial charge is 0.444 e. The summed E-state index contributed by atoms with van der Waals surface area (Å²) in [5, 5.41) is 5.58. The third kappa shape index (κ3) is 6.19. The van der Waals surface area contributed by atoms with Crippen LogP contribution in [0.3, 0.4) is 0 Å². The Morgan fingerprint density at radius 2 is 1.74 bits per heavy atom. The molecule has 150 valence electrons. The monoisotopic (exact) mass is 382 g/mol. The van der Waals surface area contributed by atoms with E-state index in [-0.39, 0.29) is 12.1 Å². The maximum absolute atomic E-state index is 13.8. The second kappa shape index (κ2) is 8.67. The van der Waals surface area contributed by atoms with Crippen LogP contribution in [0, 0.1) is 11.6 Å². The zero-order valence-electron chi connectivity index (χ0n) is 16.2. The lowest BCUT2D eigenvalue weighted by atomic mass is 9.90. The summed E-state index contributed by atoms with van der Waals surface area (Å²) < 4.78 is 32.6. The number of rotatable bonds is 4. The van der Waals surface area contributed by atoms with Gasteiger partial charge in [-0.25, -0.2) is 13.6 Å². The Hall–Kier alpha value is -2.18. The molecule has 0 aliphatic heterocycles. The van der Waals surface area contributed by atoms with Gasteiger partial charge in [0.25, 0.3) is 5.91 Å². The molecular weight excluding hydrogens is 354 g/mol. The molecule has 1 aromatic carbocycles. The highest BCUT2D eigenvalue weighted by atomic mass is 19.2. The molecule has 5 nitrogen and oxygen atoms in total. The number of carbonyl (C=O) groups excluding carboxylic acids is 2. The van der Waals surface area contributed by atoms with Crippen molar-refractivity contribution in [2.24, 2.45) is 0 Å². The second-order valence-electron chi connectivity index (χ2n) is 8.11. The average Bonchev–Trinajstić information content (AvgIpc) is 2.79. The van der Waals surface area contributed by atoms with Gasteiger partial charge in [-0.2, -0.15) is 0 Å². The van der Waals surface area contributed by atoms with Crippen LogP contribution in [0.5, 0.6) is 0 Å². The van der Waals surface area contributed by atoms with Gasteiger partial charge in [0.1, 0.15) is 5.60 Å². The van der Waals surface area contributed by atoms with Crippen molar-refractivity contribution in [3.63, 3.8) is 0 Å². The SMILES string of the molecule is CC(C)(C)OC(=O)NC1(CNC(=O)c2cccc(F)c2F)CCCCCC1. The highest BCUT2D eigenvalue weighted by Crippen LogP contribution is 2.27. The summed E-state index contributed by atoms with van der Waals surface area (Å²) >= 11 is 0. The Morgan fingerprint density at radius 3 is 2.33 bits per heavy atom. The second-order valence-corrected chi connectivity index (χ2v) is 8.11. The number of hydrogen-bond acceptors (Lipinski definition) is 3. The summed E-state index contributed by atoms with van der Waals surface area (Å²) in [5.41, 5.74) is -1.65. The standard InChI is InChI=1S/C20H28F2N2O3/c1-19(2,3)27-18(26)24-20(11-6-4-5-7-12-20)13-23-17(25)14-9-8-10-15(21)16(14)22/h8-10H,4-7,11-13H2,1-3H3,(H,23,25)(H,24,26). The molecule has 0 unspecified atom stereocenters. The highest BCUT2D eigenvalue weighted by molar-refractivity contribution is 5.94. The van der Waals surface area contributed by atoms with Crippen molar-refractivity contribution in [1.29, 1.82) is 0 Å². The predicted octanol–water partition coefficient (Wildman–Crippen LogP) is 4.31. The van der Waals surface area contributed by atoms with Crippen molar-refractivity contribution in [3.8, 4) is 0 Å². The minimum absolute atomic E-state index is 0.126. The molecule has 0 spiro atoms. The normalized spacial score (nSPS) is 16.9. The molecule has 2 amide bonds. The van der Waals surface area contributed by atoms with E-state index in [0.29, 0.717) is 12.8 Å². The fraction of sp³-hybridized carbons (Fsp3) is 0.600. The van der Waals surface area contributed by atoms with E-state index in [9.17, 15) is 18.4 Å². The molecule has 1 aliphatic carbocycles. The third-order valence-corrected chi connectivity index (χ3v) is 4.61. The Kier molecular flexibility index (Phi) is 6.78. The topological polar surface area (TPSA) is 67.4 Å². The molecule has 1 aliphatic rings. The maximum Gasteiger partial charge on any atom is 0.408 e. The van der Waals surface area contributed by atoms with Gasteiger partial charge in [0.05, 0.1) is 11.1 Å². The quantitative estimate of drug-likeness (QED) is 0.763. The first-order valence-corrected chi connectivity index (χ1v) is 9.35. The molecule has 1 aromatic rings. The number of alkyl carbamates (subject to hydrolysis) is 1. The van der Waals surface area contributed by atoms with Crippen molar-refractivity contribution in [2.75, 3.05) is 6.54 Å². The van der Waals surface area contributed by atoms with E-state index in [2.05, 4.69) is 10.6 Å². The summed E-state index contributed by atoms with van der Waals surface area (Å²) in [4.78, 5) is 24.6. The van der Waals surface area contributed by atoms with Crippen LogP contribution in [0.4, 0.5) is 13.6 Å². The van der Waals surface area contributed by atoms with Crippen LogP contribution in [0.1, 0.15) is 69.7 Å². The van der Waals surface area contributed by atoms with Crippen molar-refractivity contribution >= 4 is 12.0 Å².